The Kier molecular flexibility index (Phi) is 3.71. The molecule has 1 rings (SSSR count). The van der Waals surface area contributed by atoms with E-state index in [9.17, 15) is 0 Å². The second-order valence-corrected chi connectivity index (χ2v) is 5.08. The molecule has 0 aliphatic carbocycles. The van der Waals surface area contributed by atoms with Crippen molar-refractivity contribution in [1.29, 1.82) is 0 Å². The largest absolute Gasteiger partial charge is 0.119 e. The Bertz CT molecular complexity index is 112. The predicted octanol–water partition coefficient (Wildman–Crippen LogP) is 3.70. The summed E-state index contributed by atoms with van der Waals surface area (Å²) in [6.45, 7) is 4.61. The van der Waals surface area contributed by atoms with Crippen molar-refractivity contribution in [2.45, 2.75) is 31.3 Å². The van der Waals surface area contributed by atoms with E-state index in [4.69, 9.17) is 0 Å². The fourth-order valence-electron chi connectivity index (χ4n) is 1.11. The number of rotatable bonds is 3. The highest BCUT2D eigenvalue weighted by Gasteiger charge is 2.18. The maximum absolute atomic E-state index is 2.35. The molecule has 0 nitrogen and oxygen atoms in total. The quantitative estimate of drug-likeness (QED) is 0.640. The lowest BCUT2D eigenvalue weighted by molar-refractivity contribution is 0.569. The molecule has 1 atom stereocenters. The van der Waals surface area contributed by atoms with E-state index in [1.165, 1.54) is 12.8 Å². The van der Waals surface area contributed by atoms with Gasteiger partial charge in [0.25, 0.3) is 0 Å². The van der Waals surface area contributed by atoms with Gasteiger partial charge in [0.2, 0.25) is 0 Å². The molecule has 1 aliphatic heterocycles. The van der Waals surface area contributed by atoms with Gasteiger partial charge in [-0.05, 0) is 23.2 Å². The van der Waals surface area contributed by atoms with Gasteiger partial charge in [-0.1, -0.05) is 20.3 Å². The first-order valence-corrected chi connectivity index (χ1v) is 5.69. The SMILES string of the molecule is CCCC(C)C1SC=CS1. The topological polar surface area (TPSA) is 0 Å². The minimum atomic E-state index is 0.806. The van der Waals surface area contributed by atoms with Crippen molar-refractivity contribution in [2.24, 2.45) is 5.92 Å². The molecule has 0 radical (unpaired) electrons. The fourth-order valence-corrected chi connectivity index (χ4v) is 3.38. The molecule has 0 aromatic rings. The lowest BCUT2D eigenvalue weighted by Gasteiger charge is -2.15. The number of hydrogen-bond donors (Lipinski definition) is 0. The van der Waals surface area contributed by atoms with Gasteiger partial charge in [0.15, 0.2) is 0 Å². The molecule has 2 heteroatoms. The lowest BCUT2D eigenvalue weighted by atomic mass is 10.1. The van der Waals surface area contributed by atoms with Crippen LogP contribution in [-0.4, -0.2) is 4.58 Å². The van der Waals surface area contributed by atoms with Gasteiger partial charge in [-0.2, -0.15) is 0 Å². The van der Waals surface area contributed by atoms with Gasteiger partial charge >= 0.3 is 0 Å². The fraction of sp³-hybridized carbons (Fsp3) is 0.750. The summed E-state index contributed by atoms with van der Waals surface area (Å²) in [7, 11) is 0. The van der Waals surface area contributed by atoms with Gasteiger partial charge in [-0.25, -0.2) is 0 Å². The average Bonchev–Trinajstić information content (AvgIpc) is 2.38. The third-order valence-corrected chi connectivity index (χ3v) is 4.58. The summed E-state index contributed by atoms with van der Waals surface area (Å²) in [6.07, 6.45) is 2.69. The summed E-state index contributed by atoms with van der Waals surface area (Å²) in [5.41, 5.74) is 0. The summed E-state index contributed by atoms with van der Waals surface area (Å²) in [4.78, 5) is 0. The maximum atomic E-state index is 2.35. The molecule has 0 saturated heterocycles. The Morgan fingerprint density at radius 3 is 2.50 bits per heavy atom. The number of hydrogen-bond acceptors (Lipinski definition) is 2. The Morgan fingerprint density at radius 1 is 1.40 bits per heavy atom. The Labute approximate surface area is 71.8 Å². The third-order valence-electron chi connectivity index (χ3n) is 1.69. The Balaban J connectivity index is 2.21. The molecule has 0 aromatic carbocycles. The molecule has 0 amide bonds. The zero-order chi connectivity index (χ0) is 7.40. The van der Waals surface area contributed by atoms with Crippen LogP contribution in [0.25, 0.3) is 0 Å². The van der Waals surface area contributed by atoms with Crippen LogP contribution in [0.4, 0.5) is 0 Å². The van der Waals surface area contributed by atoms with Crippen molar-refractivity contribution in [1.82, 2.24) is 0 Å². The molecule has 1 heterocycles. The van der Waals surface area contributed by atoms with Gasteiger partial charge in [0, 0.05) is 0 Å². The van der Waals surface area contributed by atoms with Gasteiger partial charge in [0.05, 0.1) is 4.58 Å². The molecule has 0 fully saturated rings. The molecule has 0 N–H and O–H groups in total. The van der Waals surface area contributed by atoms with E-state index in [0.29, 0.717) is 0 Å². The van der Waals surface area contributed by atoms with Crippen LogP contribution in [0.2, 0.25) is 0 Å². The van der Waals surface area contributed by atoms with E-state index in [1.807, 2.05) is 23.5 Å². The standard InChI is InChI=1S/C8H14S2/c1-3-4-7(2)8-9-5-6-10-8/h5-8H,3-4H2,1-2H3. The van der Waals surface area contributed by atoms with E-state index in [1.54, 1.807) is 0 Å². The minimum Gasteiger partial charge on any atom is -0.119 e. The summed E-state index contributed by atoms with van der Waals surface area (Å²) in [5.74, 6) is 0.870. The molecule has 0 aromatic heterocycles. The third kappa shape index (κ3) is 2.24. The van der Waals surface area contributed by atoms with Crippen LogP contribution in [-0.2, 0) is 0 Å². The molecular weight excluding hydrogens is 160 g/mol. The van der Waals surface area contributed by atoms with Crippen LogP contribution in [0.1, 0.15) is 26.7 Å². The van der Waals surface area contributed by atoms with E-state index >= 15 is 0 Å². The van der Waals surface area contributed by atoms with E-state index < -0.39 is 0 Å². The zero-order valence-electron chi connectivity index (χ0n) is 6.54. The summed E-state index contributed by atoms with van der Waals surface area (Å²) in [5, 5.41) is 4.42. The first-order valence-electron chi connectivity index (χ1n) is 3.80. The molecule has 58 valence electrons. The molecule has 0 saturated carbocycles. The normalized spacial score (nSPS) is 21.8. The molecule has 1 aliphatic rings. The van der Waals surface area contributed by atoms with Crippen molar-refractivity contribution in [2.75, 3.05) is 0 Å². The number of thioether (sulfide) groups is 2. The molecule has 0 bridgehead atoms. The second kappa shape index (κ2) is 4.35. The lowest BCUT2D eigenvalue weighted by Crippen LogP contribution is -2.06. The zero-order valence-corrected chi connectivity index (χ0v) is 8.17. The summed E-state index contributed by atoms with van der Waals surface area (Å²) in [6, 6.07) is 0. The van der Waals surface area contributed by atoms with Crippen LogP contribution < -0.4 is 0 Å². The van der Waals surface area contributed by atoms with Crippen molar-refractivity contribution in [3.05, 3.63) is 10.8 Å². The first kappa shape index (κ1) is 8.54. The van der Waals surface area contributed by atoms with Gasteiger partial charge in [-0.3, -0.25) is 0 Å². The van der Waals surface area contributed by atoms with Crippen molar-refractivity contribution in [3.8, 4) is 0 Å². The van der Waals surface area contributed by atoms with E-state index in [2.05, 4.69) is 24.7 Å². The molecule has 0 spiro atoms. The van der Waals surface area contributed by atoms with Crippen molar-refractivity contribution >= 4 is 23.5 Å². The van der Waals surface area contributed by atoms with Crippen LogP contribution in [0.3, 0.4) is 0 Å². The van der Waals surface area contributed by atoms with Crippen molar-refractivity contribution in [3.63, 3.8) is 0 Å². The molecule has 10 heavy (non-hydrogen) atoms. The van der Waals surface area contributed by atoms with Gasteiger partial charge in [0.1, 0.15) is 0 Å². The maximum Gasteiger partial charge on any atom is 0.0610 e. The molecule has 1 unspecified atom stereocenters. The minimum absolute atomic E-state index is 0.806. The Hall–Kier alpha value is 0.440. The van der Waals surface area contributed by atoms with Crippen LogP contribution >= 0.6 is 23.5 Å². The summed E-state index contributed by atoms with van der Waals surface area (Å²) >= 11 is 3.95. The highest BCUT2D eigenvalue weighted by molar-refractivity contribution is 8.22. The van der Waals surface area contributed by atoms with Gasteiger partial charge < -0.3 is 0 Å². The Morgan fingerprint density at radius 2 is 2.00 bits per heavy atom. The van der Waals surface area contributed by atoms with E-state index in [0.717, 1.165) is 10.5 Å². The van der Waals surface area contributed by atoms with Crippen LogP contribution in [0.5, 0.6) is 0 Å². The van der Waals surface area contributed by atoms with Gasteiger partial charge in [-0.15, -0.1) is 23.5 Å². The van der Waals surface area contributed by atoms with Crippen molar-refractivity contribution < 1.29 is 0 Å². The highest BCUT2D eigenvalue weighted by Crippen LogP contribution is 2.39. The first-order chi connectivity index (χ1) is 4.84. The van der Waals surface area contributed by atoms with Crippen LogP contribution in [0.15, 0.2) is 10.8 Å². The monoisotopic (exact) mass is 174 g/mol. The summed E-state index contributed by atoms with van der Waals surface area (Å²) < 4.78 is 0.806. The average molecular weight is 174 g/mol. The smallest absolute Gasteiger partial charge is 0.0610 e. The highest BCUT2D eigenvalue weighted by atomic mass is 32.2. The van der Waals surface area contributed by atoms with E-state index in [-0.39, 0.29) is 0 Å². The van der Waals surface area contributed by atoms with Crippen LogP contribution in [0, 0.1) is 5.92 Å². The molecular formula is C8H14S2. The predicted molar refractivity (Wildman–Crippen MR) is 52.2 cm³/mol. The second-order valence-electron chi connectivity index (χ2n) is 2.68.